The molecule has 0 aromatic heterocycles. The number of alkyl halides is 1. The SMILES string of the molecule is Cc1ccc(CNC2c3ccccc3CC2Cl)cc1C. The van der Waals surface area contributed by atoms with Gasteiger partial charge in [0.25, 0.3) is 0 Å². The van der Waals surface area contributed by atoms with Crippen molar-refractivity contribution in [2.45, 2.75) is 38.2 Å². The molecule has 2 atom stereocenters. The Morgan fingerprint density at radius 3 is 2.70 bits per heavy atom. The van der Waals surface area contributed by atoms with Gasteiger partial charge in [-0.25, -0.2) is 0 Å². The lowest BCUT2D eigenvalue weighted by Crippen LogP contribution is -2.25. The Labute approximate surface area is 126 Å². The van der Waals surface area contributed by atoms with Gasteiger partial charge in [-0.1, -0.05) is 42.5 Å². The van der Waals surface area contributed by atoms with E-state index in [0.717, 1.165) is 13.0 Å². The molecule has 0 saturated heterocycles. The first-order chi connectivity index (χ1) is 9.65. The number of fused-ring (bicyclic) bond motifs is 1. The average Bonchev–Trinajstić information content (AvgIpc) is 2.76. The lowest BCUT2D eigenvalue weighted by molar-refractivity contribution is 0.536. The highest BCUT2D eigenvalue weighted by atomic mass is 35.5. The molecule has 0 heterocycles. The van der Waals surface area contributed by atoms with E-state index in [1.807, 2.05) is 0 Å². The van der Waals surface area contributed by atoms with Crippen molar-refractivity contribution < 1.29 is 0 Å². The Kier molecular flexibility index (Phi) is 3.82. The van der Waals surface area contributed by atoms with Crippen LogP contribution in [0, 0.1) is 13.8 Å². The molecule has 0 saturated carbocycles. The zero-order valence-electron chi connectivity index (χ0n) is 12.0. The third-order valence-electron chi connectivity index (χ3n) is 4.26. The van der Waals surface area contributed by atoms with Crippen LogP contribution in [-0.4, -0.2) is 5.38 Å². The lowest BCUT2D eigenvalue weighted by Gasteiger charge is -2.18. The second-order valence-electron chi connectivity index (χ2n) is 5.70. The first kappa shape index (κ1) is 13.7. The van der Waals surface area contributed by atoms with Crippen LogP contribution in [0.2, 0.25) is 0 Å². The second kappa shape index (κ2) is 5.59. The van der Waals surface area contributed by atoms with Gasteiger partial charge in [-0.15, -0.1) is 11.6 Å². The van der Waals surface area contributed by atoms with Gasteiger partial charge in [-0.3, -0.25) is 0 Å². The van der Waals surface area contributed by atoms with Gasteiger partial charge >= 0.3 is 0 Å². The number of aryl methyl sites for hydroxylation is 2. The summed E-state index contributed by atoms with van der Waals surface area (Å²) in [5.74, 6) is 0. The maximum absolute atomic E-state index is 6.50. The van der Waals surface area contributed by atoms with Crippen LogP contribution in [-0.2, 0) is 13.0 Å². The minimum Gasteiger partial charge on any atom is -0.305 e. The number of benzene rings is 2. The van der Waals surface area contributed by atoms with Crippen molar-refractivity contribution >= 4 is 11.6 Å². The summed E-state index contributed by atoms with van der Waals surface area (Å²) in [6.45, 7) is 5.17. The highest BCUT2D eigenvalue weighted by Crippen LogP contribution is 2.34. The largest absolute Gasteiger partial charge is 0.305 e. The predicted molar refractivity (Wildman–Crippen MR) is 85.3 cm³/mol. The predicted octanol–water partition coefficient (Wildman–Crippen LogP) is 4.30. The molecule has 0 amide bonds. The van der Waals surface area contributed by atoms with E-state index in [1.165, 1.54) is 27.8 Å². The van der Waals surface area contributed by atoms with E-state index in [9.17, 15) is 0 Å². The maximum Gasteiger partial charge on any atom is 0.0571 e. The van der Waals surface area contributed by atoms with Crippen molar-refractivity contribution in [3.8, 4) is 0 Å². The minimum absolute atomic E-state index is 0.152. The van der Waals surface area contributed by atoms with Gasteiger partial charge in [-0.2, -0.15) is 0 Å². The summed E-state index contributed by atoms with van der Waals surface area (Å²) in [4.78, 5) is 0. The molecule has 2 aromatic carbocycles. The Balaban J connectivity index is 1.74. The van der Waals surface area contributed by atoms with Crippen LogP contribution in [0.25, 0.3) is 0 Å². The number of rotatable bonds is 3. The van der Waals surface area contributed by atoms with Crippen LogP contribution in [0.5, 0.6) is 0 Å². The molecule has 1 aliphatic carbocycles. The molecule has 20 heavy (non-hydrogen) atoms. The summed E-state index contributed by atoms with van der Waals surface area (Å²) in [5.41, 5.74) is 6.75. The second-order valence-corrected chi connectivity index (χ2v) is 6.26. The smallest absolute Gasteiger partial charge is 0.0571 e. The van der Waals surface area contributed by atoms with Crippen LogP contribution < -0.4 is 5.32 Å². The van der Waals surface area contributed by atoms with Crippen molar-refractivity contribution in [1.82, 2.24) is 5.32 Å². The molecule has 2 aromatic rings. The third-order valence-corrected chi connectivity index (χ3v) is 4.67. The molecule has 1 aliphatic rings. The molecule has 104 valence electrons. The Bertz CT molecular complexity index is 621. The maximum atomic E-state index is 6.50. The van der Waals surface area contributed by atoms with Crippen molar-refractivity contribution in [3.05, 3.63) is 70.3 Å². The van der Waals surface area contributed by atoms with Gasteiger partial charge in [0.1, 0.15) is 0 Å². The molecule has 0 fully saturated rings. The van der Waals surface area contributed by atoms with Gasteiger partial charge in [0.2, 0.25) is 0 Å². The quantitative estimate of drug-likeness (QED) is 0.829. The van der Waals surface area contributed by atoms with Gasteiger partial charge in [0.05, 0.1) is 5.38 Å². The summed E-state index contributed by atoms with van der Waals surface area (Å²) in [6, 6.07) is 15.5. The van der Waals surface area contributed by atoms with E-state index in [0.29, 0.717) is 0 Å². The van der Waals surface area contributed by atoms with Crippen LogP contribution in [0.15, 0.2) is 42.5 Å². The topological polar surface area (TPSA) is 12.0 Å². The van der Waals surface area contributed by atoms with E-state index in [1.54, 1.807) is 0 Å². The van der Waals surface area contributed by atoms with E-state index in [2.05, 4.69) is 61.6 Å². The number of nitrogens with one attached hydrogen (secondary N) is 1. The standard InChI is InChI=1S/C18H20ClN/c1-12-7-8-14(9-13(12)2)11-20-18-16-6-4-3-5-15(16)10-17(18)19/h3-9,17-18,20H,10-11H2,1-2H3. The number of hydrogen-bond acceptors (Lipinski definition) is 1. The Hall–Kier alpha value is -1.31. The van der Waals surface area contributed by atoms with E-state index in [-0.39, 0.29) is 11.4 Å². The monoisotopic (exact) mass is 285 g/mol. The Morgan fingerprint density at radius 1 is 1.10 bits per heavy atom. The molecule has 2 unspecified atom stereocenters. The molecule has 0 bridgehead atoms. The first-order valence-corrected chi connectivity index (χ1v) is 7.60. The zero-order valence-corrected chi connectivity index (χ0v) is 12.7. The van der Waals surface area contributed by atoms with Crippen molar-refractivity contribution in [3.63, 3.8) is 0 Å². The fraction of sp³-hybridized carbons (Fsp3) is 0.333. The third kappa shape index (κ3) is 2.61. The van der Waals surface area contributed by atoms with Crippen LogP contribution in [0.1, 0.15) is 33.9 Å². The van der Waals surface area contributed by atoms with Crippen LogP contribution in [0.4, 0.5) is 0 Å². The van der Waals surface area contributed by atoms with Crippen molar-refractivity contribution in [2.75, 3.05) is 0 Å². The highest BCUT2D eigenvalue weighted by molar-refractivity contribution is 6.21. The molecule has 0 spiro atoms. The normalized spacial score (nSPS) is 20.9. The first-order valence-electron chi connectivity index (χ1n) is 7.16. The van der Waals surface area contributed by atoms with E-state index < -0.39 is 0 Å². The molecule has 3 rings (SSSR count). The van der Waals surface area contributed by atoms with E-state index >= 15 is 0 Å². The summed E-state index contributed by atoms with van der Waals surface area (Å²) < 4.78 is 0. The highest BCUT2D eigenvalue weighted by Gasteiger charge is 2.30. The summed E-state index contributed by atoms with van der Waals surface area (Å²) in [6.07, 6.45) is 0.961. The van der Waals surface area contributed by atoms with E-state index in [4.69, 9.17) is 11.6 Å². The van der Waals surface area contributed by atoms with Crippen molar-refractivity contribution in [2.24, 2.45) is 0 Å². The lowest BCUT2D eigenvalue weighted by atomic mass is 10.1. The van der Waals surface area contributed by atoms with Crippen LogP contribution in [0.3, 0.4) is 0 Å². The van der Waals surface area contributed by atoms with Crippen molar-refractivity contribution in [1.29, 1.82) is 0 Å². The number of halogens is 1. The average molecular weight is 286 g/mol. The van der Waals surface area contributed by atoms with Gasteiger partial charge in [-0.05, 0) is 48.1 Å². The zero-order chi connectivity index (χ0) is 14.1. The summed E-state index contributed by atoms with van der Waals surface area (Å²) >= 11 is 6.50. The summed E-state index contributed by atoms with van der Waals surface area (Å²) in [5, 5.41) is 3.77. The molecule has 0 radical (unpaired) electrons. The fourth-order valence-corrected chi connectivity index (χ4v) is 3.32. The molecule has 1 nitrogen and oxygen atoms in total. The number of hydrogen-bond donors (Lipinski definition) is 1. The summed E-state index contributed by atoms with van der Waals surface area (Å²) in [7, 11) is 0. The fourth-order valence-electron chi connectivity index (χ4n) is 2.93. The Morgan fingerprint density at radius 2 is 1.90 bits per heavy atom. The van der Waals surface area contributed by atoms with Gasteiger partial charge < -0.3 is 5.32 Å². The minimum atomic E-state index is 0.152. The molecular weight excluding hydrogens is 266 g/mol. The van der Waals surface area contributed by atoms with Gasteiger partial charge in [0, 0.05) is 12.6 Å². The van der Waals surface area contributed by atoms with Crippen LogP contribution >= 0.6 is 11.6 Å². The molecule has 2 heteroatoms. The molecule has 1 N–H and O–H groups in total. The molecule has 0 aliphatic heterocycles. The molecular formula is C18H20ClN. The van der Waals surface area contributed by atoms with Gasteiger partial charge in [0.15, 0.2) is 0 Å².